The van der Waals surface area contributed by atoms with Crippen LogP contribution < -0.4 is 5.32 Å². The molecule has 1 saturated carbocycles. The lowest BCUT2D eigenvalue weighted by molar-refractivity contribution is 0.128. The zero-order valence-electron chi connectivity index (χ0n) is 13.2. The van der Waals surface area contributed by atoms with Crippen LogP contribution in [0.1, 0.15) is 57.7 Å². The minimum absolute atomic E-state index is 0.132. The van der Waals surface area contributed by atoms with E-state index in [0.29, 0.717) is 12.0 Å². The monoisotopic (exact) mass is 289 g/mol. The molecule has 1 N–H and O–H groups in total. The van der Waals surface area contributed by atoms with Gasteiger partial charge < -0.3 is 14.8 Å². The lowest BCUT2D eigenvalue weighted by atomic mass is 9.95. The number of hydrogen-bond acceptors (Lipinski definition) is 1. The van der Waals surface area contributed by atoms with Crippen LogP contribution in [0.15, 0.2) is 18.3 Å². The molecular weight excluding hydrogens is 262 g/mol. The molecule has 0 unspecified atom stereocenters. The van der Waals surface area contributed by atoms with E-state index in [4.69, 9.17) is 0 Å². The quantitative estimate of drug-likeness (QED) is 0.888. The van der Waals surface area contributed by atoms with Gasteiger partial charge in [0.15, 0.2) is 0 Å². The van der Waals surface area contributed by atoms with Gasteiger partial charge in [0.05, 0.1) is 6.04 Å². The Balaban J connectivity index is 1.72. The van der Waals surface area contributed by atoms with E-state index in [-0.39, 0.29) is 12.1 Å². The Bertz CT molecular complexity index is 488. The fraction of sp³-hybridized carbons (Fsp3) is 0.706. The van der Waals surface area contributed by atoms with Crippen LogP contribution in [-0.4, -0.2) is 28.1 Å². The van der Waals surface area contributed by atoms with Gasteiger partial charge in [-0.1, -0.05) is 33.1 Å². The molecule has 1 fully saturated rings. The smallest absolute Gasteiger partial charge is 0.318 e. The summed E-state index contributed by atoms with van der Waals surface area (Å²) in [7, 11) is 0. The summed E-state index contributed by atoms with van der Waals surface area (Å²) in [5.74, 6) is 0.427. The molecule has 21 heavy (non-hydrogen) atoms. The van der Waals surface area contributed by atoms with Crippen molar-refractivity contribution in [1.29, 1.82) is 0 Å². The van der Waals surface area contributed by atoms with Crippen molar-refractivity contribution in [3.05, 3.63) is 24.0 Å². The Kier molecular flexibility index (Phi) is 4.22. The average molecular weight is 289 g/mol. The summed E-state index contributed by atoms with van der Waals surface area (Å²) in [6.07, 6.45) is 8.23. The molecular formula is C17H27N3O. The molecule has 2 amide bonds. The lowest BCUT2D eigenvalue weighted by Gasteiger charge is -2.40. The van der Waals surface area contributed by atoms with Crippen molar-refractivity contribution in [2.45, 2.75) is 64.6 Å². The standard InChI is InChI=1S/C17H27N3O/c1-13(2)16-15-9-6-10-19(15)11-12-20(16)17(21)18-14-7-4-3-5-8-14/h6,9-10,13-14,16H,3-5,7-8,11-12H2,1-2H3,(H,18,21)/t16-/m1/s1. The van der Waals surface area contributed by atoms with Gasteiger partial charge in [-0.05, 0) is 30.9 Å². The fourth-order valence-corrected chi connectivity index (χ4v) is 3.85. The highest BCUT2D eigenvalue weighted by molar-refractivity contribution is 5.75. The maximum Gasteiger partial charge on any atom is 0.318 e. The maximum atomic E-state index is 12.7. The van der Waals surface area contributed by atoms with Crippen molar-refractivity contribution in [3.8, 4) is 0 Å². The average Bonchev–Trinajstić information content (AvgIpc) is 2.95. The van der Waals surface area contributed by atoms with Crippen molar-refractivity contribution in [2.24, 2.45) is 5.92 Å². The Morgan fingerprint density at radius 1 is 1.24 bits per heavy atom. The molecule has 0 bridgehead atoms. The first-order valence-corrected chi connectivity index (χ1v) is 8.39. The van der Waals surface area contributed by atoms with E-state index in [1.54, 1.807) is 0 Å². The molecule has 2 aliphatic rings. The summed E-state index contributed by atoms with van der Waals surface area (Å²) >= 11 is 0. The highest BCUT2D eigenvalue weighted by Crippen LogP contribution is 2.32. The number of aromatic nitrogens is 1. The van der Waals surface area contributed by atoms with Gasteiger partial charge in [-0.3, -0.25) is 0 Å². The zero-order chi connectivity index (χ0) is 14.8. The first kappa shape index (κ1) is 14.5. The first-order valence-electron chi connectivity index (χ1n) is 8.39. The Morgan fingerprint density at radius 3 is 2.71 bits per heavy atom. The van der Waals surface area contributed by atoms with E-state index in [2.05, 4.69) is 47.0 Å². The number of carbonyl (C=O) groups is 1. The summed E-state index contributed by atoms with van der Waals surface area (Å²) in [5, 5.41) is 3.27. The second-order valence-corrected chi connectivity index (χ2v) is 6.79. The Hall–Kier alpha value is -1.45. The van der Waals surface area contributed by atoms with Gasteiger partial charge in [-0.2, -0.15) is 0 Å². The molecule has 3 rings (SSSR count). The Labute approximate surface area is 127 Å². The Morgan fingerprint density at radius 2 is 2.00 bits per heavy atom. The van der Waals surface area contributed by atoms with Crippen LogP contribution in [-0.2, 0) is 6.54 Å². The summed E-state index contributed by atoms with van der Waals surface area (Å²) in [6.45, 7) is 6.12. The second kappa shape index (κ2) is 6.12. The molecule has 0 saturated heterocycles. The van der Waals surface area contributed by atoms with Crippen molar-refractivity contribution in [3.63, 3.8) is 0 Å². The van der Waals surface area contributed by atoms with Gasteiger partial charge in [-0.25, -0.2) is 4.79 Å². The van der Waals surface area contributed by atoms with Gasteiger partial charge in [0.1, 0.15) is 0 Å². The van der Waals surface area contributed by atoms with Gasteiger partial charge >= 0.3 is 6.03 Å². The number of nitrogens with zero attached hydrogens (tertiary/aromatic N) is 2. The van der Waals surface area contributed by atoms with Crippen molar-refractivity contribution in [1.82, 2.24) is 14.8 Å². The SMILES string of the molecule is CC(C)[C@@H]1c2cccn2CCN1C(=O)NC1CCCCC1. The summed E-state index contributed by atoms with van der Waals surface area (Å²) in [5.41, 5.74) is 1.27. The fourth-order valence-electron chi connectivity index (χ4n) is 3.85. The van der Waals surface area contributed by atoms with Crippen molar-refractivity contribution < 1.29 is 4.79 Å². The molecule has 0 aromatic carbocycles. The van der Waals surface area contributed by atoms with E-state index >= 15 is 0 Å². The molecule has 4 heteroatoms. The third-order valence-corrected chi connectivity index (χ3v) is 4.91. The molecule has 4 nitrogen and oxygen atoms in total. The lowest BCUT2D eigenvalue weighted by Crippen LogP contribution is -2.51. The molecule has 2 heterocycles. The van der Waals surface area contributed by atoms with Crippen LogP contribution in [0.3, 0.4) is 0 Å². The molecule has 116 valence electrons. The number of amides is 2. The van der Waals surface area contributed by atoms with Crippen LogP contribution >= 0.6 is 0 Å². The van der Waals surface area contributed by atoms with E-state index in [1.807, 2.05) is 0 Å². The van der Waals surface area contributed by atoms with Gasteiger partial charge in [0.25, 0.3) is 0 Å². The van der Waals surface area contributed by atoms with Crippen LogP contribution in [0.4, 0.5) is 4.79 Å². The minimum Gasteiger partial charge on any atom is -0.348 e. The van der Waals surface area contributed by atoms with E-state index in [0.717, 1.165) is 25.9 Å². The summed E-state index contributed by atoms with van der Waals surface area (Å²) < 4.78 is 2.29. The number of rotatable bonds is 2. The van der Waals surface area contributed by atoms with Crippen molar-refractivity contribution in [2.75, 3.05) is 6.54 Å². The zero-order valence-corrected chi connectivity index (χ0v) is 13.2. The molecule has 1 aromatic rings. The van der Waals surface area contributed by atoms with Crippen LogP contribution in [0.5, 0.6) is 0 Å². The number of nitrogens with one attached hydrogen (secondary N) is 1. The normalized spacial score (nSPS) is 23.2. The molecule has 1 aliphatic heterocycles. The van der Waals surface area contributed by atoms with Crippen LogP contribution in [0.25, 0.3) is 0 Å². The summed E-state index contributed by atoms with van der Waals surface area (Å²) in [6, 6.07) is 4.95. The van der Waals surface area contributed by atoms with Gasteiger partial charge in [0.2, 0.25) is 0 Å². The van der Waals surface area contributed by atoms with E-state index in [9.17, 15) is 4.79 Å². The molecule has 0 spiro atoms. The second-order valence-electron chi connectivity index (χ2n) is 6.79. The van der Waals surface area contributed by atoms with Gasteiger partial charge in [0, 0.05) is 31.0 Å². The topological polar surface area (TPSA) is 37.3 Å². The third-order valence-electron chi connectivity index (χ3n) is 4.91. The predicted molar refractivity (Wildman–Crippen MR) is 84.1 cm³/mol. The van der Waals surface area contributed by atoms with E-state index < -0.39 is 0 Å². The third kappa shape index (κ3) is 2.94. The molecule has 1 aromatic heterocycles. The molecule has 0 radical (unpaired) electrons. The minimum atomic E-state index is 0.132. The first-order chi connectivity index (χ1) is 10.2. The predicted octanol–water partition coefficient (Wildman–Crippen LogP) is 3.54. The highest BCUT2D eigenvalue weighted by Gasteiger charge is 2.33. The molecule has 1 aliphatic carbocycles. The van der Waals surface area contributed by atoms with Gasteiger partial charge in [-0.15, -0.1) is 0 Å². The van der Waals surface area contributed by atoms with E-state index in [1.165, 1.54) is 25.0 Å². The highest BCUT2D eigenvalue weighted by atomic mass is 16.2. The van der Waals surface area contributed by atoms with Crippen LogP contribution in [0, 0.1) is 5.92 Å². The van der Waals surface area contributed by atoms with Crippen LogP contribution in [0.2, 0.25) is 0 Å². The summed E-state index contributed by atoms with van der Waals surface area (Å²) in [4.78, 5) is 14.8. The largest absolute Gasteiger partial charge is 0.348 e. The number of carbonyl (C=O) groups excluding carboxylic acids is 1. The number of hydrogen-bond donors (Lipinski definition) is 1. The van der Waals surface area contributed by atoms with Crippen molar-refractivity contribution >= 4 is 6.03 Å². The number of fused-ring (bicyclic) bond motifs is 1. The molecule has 1 atom stereocenters. The maximum absolute atomic E-state index is 12.7. The number of urea groups is 1.